The number of nitrogens with one attached hydrogen (secondary N) is 1. The topological polar surface area (TPSA) is 29.9 Å². The summed E-state index contributed by atoms with van der Waals surface area (Å²) in [6, 6.07) is 8.05. The van der Waals surface area contributed by atoms with Gasteiger partial charge in [0, 0.05) is 11.9 Å². The minimum Gasteiger partial charge on any atom is -0.492 e. The Morgan fingerprint density at radius 3 is 2.82 bits per heavy atom. The van der Waals surface area contributed by atoms with Crippen molar-refractivity contribution >= 4 is 12.2 Å². The second kappa shape index (κ2) is 5.19. The van der Waals surface area contributed by atoms with Crippen LogP contribution >= 0.6 is 12.2 Å². The highest BCUT2D eigenvalue weighted by atomic mass is 32.1. The highest BCUT2D eigenvalue weighted by Crippen LogP contribution is 2.12. The van der Waals surface area contributed by atoms with Crippen molar-refractivity contribution in [2.75, 3.05) is 6.61 Å². The Morgan fingerprint density at radius 1 is 1.35 bits per heavy atom. The fourth-order valence-electron chi connectivity index (χ4n) is 1.72. The molecule has 0 atom stereocenters. The normalized spacial score (nSPS) is 10.5. The van der Waals surface area contributed by atoms with Crippen LogP contribution in [0.1, 0.15) is 11.3 Å². The number of aromatic amines is 1. The molecule has 90 valence electrons. The second-order valence-electron chi connectivity index (χ2n) is 4.05. The van der Waals surface area contributed by atoms with Gasteiger partial charge in [-0.3, -0.25) is 0 Å². The van der Waals surface area contributed by atoms with Gasteiger partial charge in [-0.2, -0.15) is 0 Å². The molecule has 0 saturated carbocycles. The number of rotatable bonds is 4. The predicted octanol–water partition coefficient (Wildman–Crippen LogP) is 3.24. The SMILES string of the molecule is Cc1cccc(OCCn2c(C)c[nH]c2=S)c1. The van der Waals surface area contributed by atoms with Gasteiger partial charge in [-0.15, -0.1) is 0 Å². The number of ether oxygens (including phenoxy) is 1. The van der Waals surface area contributed by atoms with Crippen molar-refractivity contribution in [3.8, 4) is 5.75 Å². The molecule has 1 N–H and O–H groups in total. The van der Waals surface area contributed by atoms with E-state index in [2.05, 4.69) is 18.0 Å². The van der Waals surface area contributed by atoms with E-state index in [0.29, 0.717) is 6.61 Å². The van der Waals surface area contributed by atoms with E-state index in [1.807, 2.05) is 35.9 Å². The smallest absolute Gasteiger partial charge is 0.177 e. The van der Waals surface area contributed by atoms with Crippen molar-refractivity contribution < 1.29 is 4.74 Å². The molecule has 3 nitrogen and oxygen atoms in total. The van der Waals surface area contributed by atoms with Crippen LogP contribution in [0.2, 0.25) is 0 Å². The third-order valence-corrected chi connectivity index (χ3v) is 2.99. The van der Waals surface area contributed by atoms with Gasteiger partial charge in [0.2, 0.25) is 0 Å². The van der Waals surface area contributed by atoms with Gasteiger partial charge in [-0.05, 0) is 43.8 Å². The third-order valence-electron chi connectivity index (χ3n) is 2.65. The van der Waals surface area contributed by atoms with Gasteiger partial charge in [0.15, 0.2) is 4.77 Å². The maximum absolute atomic E-state index is 5.69. The first-order valence-corrected chi connectivity index (χ1v) is 6.02. The molecule has 4 heteroatoms. The van der Waals surface area contributed by atoms with Crippen molar-refractivity contribution in [2.24, 2.45) is 0 Å². The fraction of sp³-hybridized carbons (Fsp3) is 0.308. The van der Waals surface area contributed by atoms with Crippen LogP contribution in [-0.2, 0) is 6.54 Å². The average molecular weight is 248 g/mol. The van der Waals surface area contributed by atoms with Gasteiger partial charge in [0.05, 0.1) is 6.54 Å². The minimum absolute atomic E-state index is 0.621. The number of aromatic nitrogens is 2. The molecule has 0 aliphatic carbocycles. The third kappa shape index (κ3) is 2.97. The summed E-state index contributed by atoms with van der Waals surface area (Å²) in [5.74, 6) is 0.907. The van der Waals surface area contributed by atoms with E-state index in [-0.39, 0.29) is 0 Å². The zero-order chi connectivity index (χ0) is 12.3. The number of H-pyrrole nitrogens is 1. The average Bonchev–Trinajstić information content (AvgIpc) is 2.61. The summed E-state index contributed by atoms with van der Waals surface area (Å²) in [6.45, 7) is 5.47. The van der Waals surface area contributed by atoms with Crippen molar-refractivity contribution in [3.63, 3.8) is 0 Å². The van der Waals surface area contributed by atoms with E-state index in [4.69, 9.17) is 17.0 Å². The summed E-state index contributed by atoms with van der Waals surface area (Å²) < 4.78 is 8.47. The van der Waals surface area contributed by atoms with E-state index in [1.165, 1.54) is 5.56 Å². The Kier molecular flexibility index (Phi) is 3.64. The summed E-state index contributed by atoms with van der Waals surface area (Å²) in [7, 11) is 0. The fourth-order valence-corrected chi connectivity index (χ4v) is 2.01. The van der Waals surface area contributed by atoms with Gasteiger partial charge in [0.1, 0.15) is 12.4 Å². The van der Waals surface area contributed by atoms with E-state index in [0.717, 1.165) is 22.8 Å². The van der Waals surface area contributed by atoms with Crippen molar-refractivity contribution in [1.82, 2.24) is 9.55 Å². The molecule has 0 aliphatic heterocycles. The molecule has 0 aliphatic rings. The molecule has 2 rings (SSSR count). The van der Waals surface area contributed by atoms with Crippen molar-refractivity contribution in [2.45, 2.75) is 20.4 Å². The van der Waals surface area contributed by atoms with E-state index >= 15 is 0 Å². The van der Waals surface area contributed by atoms with Crippen LogP contribution in [0.25, 0.3) is 0 Å². The number of benzene rings is 1. The molecule has 1 aromatic heterocycles. The molecule has 0 saturated heterocycles. The van der Waals surface area contributed by atoms with Crippen LogP contribution in [0.15, 0.2) is 30.5 Å². The maximum Gasteiger partial charge on any atom is 0.177 e. The first-order chi connectivity index (χ1) is 8.16. The zero-order valence-corrected chi connectivity index (χ0v) is 10.9. The molecule has 0 spiro atoms. The molecule has 0 bridgehead atoms. The first kappa shape index (κ1) is 11.9. The molecule has 0 fully saturated rings. The molecule has 1 aromatic carbocycles. The summed E-state index contributed by atoms with van der Waals surface area (Å²) in [6.07, 6.45) is 1.91. The van der Waals surface area contributed by atoms with E-state index in [9.17, 15) is 0 Å². The Morgan fingerprint density at radius 2 is 2.18 bits per heavy atom. The highest BCUT2D eigenvalue weighted by molar-refractivity contribution is 7.71. The summed E-state index contributed by atoms with van der Waals surface area (Å²) in [5.41, 5.74) is 2.33. The Bertz CT molecular complexity index is 557. The highest BCUT2D eigenvalue weighted by Gasteiger charge is 1.99. The van der Waals surface area contributed by atoms with Crippen molar-refractivity contribution in [3.05, 3.63) is 46.5 Å². The van der Waals surface area contributed by atoms with Gasteiger partial charge < -0.3 is 14.3 Å². The number of hydrogen-bond donors (Lipinski definition) is 1. The monoisotopic (exact) mass is 248 g/mol. The van der Waals surface area contributed by atoms with Crippen LogP contribution in [0.5, 0.6) is 5.75 Å². The molecule has 1 heterocycles. The lowest BCUT2D eigenvalue weighted by Crippen LogP contribution is -2.09. The van der Waals surface area contributed by atoms with Gasteiger partial charge >= 0.3 is 0 Å². The Balaban J connectivity index is 1.94. The van der Waals surface area contributed by atoms with Gasteiger partial charge in [-0.25, -0.2) is 0 Å². The van der Waals surface area contributed by atoms with Crippen LogP contribution in [0, 0.1) is 18.6 Å². The second-order valence-corrected chi connectivity index (χ2v) is 4.44. The van der Waals surface area contributed by atoms with Crippen LogP contribution in [-0.4, -0.2) is 16.2 Å². The van der Waals surface area contributed by atoms with Crippen LogP contribution in [0.3, 0.4) is 0 Å². The molecule has 0 unspecified atom stereocenters. The lowest BCUT2D eigenvalue weighted by molar-refractivity contribution is 0.296. The molecule has 0 amide bonds. The Hall–Kier alpha value is -1.55. The predicted molar refractivity (Wildman–Crippen MR) is 71.0 cm³/mol. The summed E-state index contributed by atoms with van der Waals surface area (Å²) in [5, 5.41) is 0. The number of nitrogens with zero attached hydrogens (tertiary/aromatic N) is 1. The van der Waals surface area contributed by atoms with Gasteiger partial charge in [0.25, 0.3) is 0 Å². The lowest BCUT2D eigenvalue weighted by atomic mass is 10.2. The van der Waals surface area contributed by atoms with Crippen LogP contribution in [0.4, 0.5) is 0 Å². The zero-order valence-electron chi connectivity index (χ0n) is 10.1. The molecule has 2 aromatic rings. The standard InChI is InChI=1S/C13H16N2OS/c1-10-4-3-5-12(8-10)16-7-6-15-11(2)9-14-13(15)17/h3-5,8-9H,6-7H2,1-2H3,(H,14,17). The van der Waals surface area contributed by atoms with E-state index in [1.54, 1.807) is 0 Å². The lowest BCUT2D eigenvalue weighted by Gasteiger charge is -2.08. The molecular formula is C13H16N2OS. The number of imidazole rings is 1. The first-order valence-electron chi connectivity index (χ1n) is 5.61. The number of hydrogen-bond acceptors (Lipinski definition) is 2. The quantitative estimate of drug-likeness (QED) is 0.842. The summed E-state index contributed by atoms with van der Waals surface area (Å²) in [4.78, 5) is 3.02. The molecule has 0 radical (unpaired) electrons. The van der Waals surface area contributed by atoms with Crippen molar-refractivity contribution in [1.29, 1.82) is 0 Å². The Labute approximate surface area is 106 Å². The number of aryl methyl sites for hydroxylation is 2. The summed E-state index contributed by atoms with van der Waals surface area (Å²) >= 11 is 5.18. The molecular weight excluding hydrogens is 232 g/mol. The maximum atomic E-state index is 5.69. The molecule has 17 heavy (non-hydrogen) atoms. The minimum atomic E-state index is 0.621. The van der Waals surface area contributed by atoms with Crippen LogP contribution < -0.4 is 4.74 Å². The van der Waals surface area contributed by atoms with Gasteiger partial charge in [-0.1, -0.05) is 12.1 Å². The largest absolute Gasteiger partial charge is 0.492 e. The van der Waals surface area contributed by atoms with E-state index < -0.39 is 0 Å².